The Labute approximate surface area is 119 Å². The van der Waals surface area contributed by atoms with E-state index in [1.54, 1.807) is 26.0 Å². The maximum atomic E-state index is 12.5. The SMILES string of the molecule is CC(C)(CC(N)=O)NC(=O)C(C)(C)c1ccc(N)cc1. The number of nitrogen functional groups attached to an aromatic ring is 1. The van der Waals surface area contributed by atoms with Gasteiger partial charge in [0.2, 0.25) is 11.8 Å². The van der Waals surface area contributed by atoms with Crippen LogP contribution in [0.5, 0.6) is 0 Å². The Hall–Kier alpha value is -2.04. The van der Waals surface area contributed by atoms with E-state index in [2.05, 4.69) is 5.32 Å². The van der Waals surface area contributed by atoms with Gasteiger partial charge in [0, 0.05) is 17.6 Å². The maximum Gasteiger partial charge on any atom is 0.230 e. The normalized spacial score (nSPS) is 12.0. The van der Waals surface area contributed by atoms with Gasteiger partial charge in [-0.15, -0.1) is 0 Å². The molecule has 0 aliphatic heterocycles. The number of primary amides is 1. The molecule has 0 saturated heterocycles. The van der Waals surface area contributed by atoms with Crippen molar-refractivity contribution in [2.75, 3.05) is 5.73 Å². The largest absolute Gasteiger partial charge is 0.399 e. The van der Waals surface area contributed by atoms with Gasteiger partial charge in [-0.25, -0.2) is 0 Å². The van der Waals surface area contributed by atoms with Crippen molar-refractivity contribution in [1.82, 2.24) is 5.32 Å². The summed E-state index contributed by atoms with van der Waals surface area (Å²) < 4.78 is 0. The summed E-state index contributed by atoms with van der Waals surface area (Å²) in [6.07, 6.45) is 0.0938. The summed E-state index contributed by atoms with van der Waals surface area (Å²) in [6, 6.07) is 7.18. The number of hydrogen-bond acceptors (Lipinski definition) is 3. The minimum Gasteiger partial charge on any atom is -0.399 e. The van der Waals surface area contributed by atoms with E-state index in [4.69, 9.17) is 11.5 Å². The predicted octanol–water partition coefficient (Wildman–Crippen LogP) is 1.32. The van der Waals surface area contributed by atoms with Gasteiger partial charge in [-0.1, -0.05) is 12.1 Å². The molecular formula is C15H23N3O2. The number of carbonyl (C=O) groups excluding carboxylic acids is 2. The minimum absolute atomic E-state index is 0.0938. The lowest BCUT2D eigenvalue weighted by atomic mass is 9.82. The monoisotopic (exact) mass is 277 g/mol. The van der Waals surface area contributed by atoms with Gasteiger partial charge in [-0.2, -0.15) is 0 Å². The van der Waals surface area contributed by atoms with Crippen molar-refractivity contribution in [2.45, 2.75) is 45.1 Å². The van der Waals surface area contributed by atoms with Crippen LogP contribution in [0, 0.1) is 0 Å². The van der Waals surface area contributed by atoms with Crippen molar-refractivity contribution in [3.63, 3.8) is 0 Å². The number of amides is 2. The van der Waals surface area contributed by atoms with E-state index in [-0.39, 0.29) is 12.3 Å². The molecule has 110 valence electrons. The average Bonchev–Trinajstić information content (AvgIpc) is 2.26. The number of rotatable bonds is 5. The molecular weight excluding hydrogens is 254 g/mol. The molecule has 0 aliphatic rings. The molecule has 5 N–H and O–H groups in total. The lowest BCUT2D eigenvalue weighted by molar-refractivity contribution is -0.128. The molecule has 0 heterocycles. The van der Waals surface area contributed by atoms with E-state index >= 15 is 0 Å². The maximum absolute atomic E-state index is 12.5. The van der Waals surface area contributed by atoms with Crippen molar-refractivity contribution >= 4 is 17.5 Å². The average molecular weight is 277 g/mol. The molecule has 0 saturated carbocycles. The highest BCUT2D eigenvalue weighted by Gasteiger charge is 2.34. The number of nitrogens with two attached hydrogens (primary N) is 2. The molecule has 0 fully saturated rings. The zero-order valence-corrected chi connectivity index (χ0v) is 12.5. The topological polar surface area (TPSA) is 98.2 Å². The summed E-state index contributed by atoms with van der Waals surface area (Å²) >= 11 is 0. The highest BCUT2D eigenvalue weighted by molar-refractivity contribution is 5.88. The van der Waals surface area contributed by atoms with Crippen molar-refractivity contribution in [3.05, 3.63) is 29.8 Å². The zero-order valence-electron chi connectivity index (χ0n) is 12.5. The highest BCUT2D eigenvalue weighted by atomic mass is 16.2. The number of benzene rings is 1. The molecule has 0 unspecified atom stereocenters. The van der Waals surface area contributed by atoms with E-state index in [1.807, 2.05) is 26.0 Å². The fourth-order valence-corrected chi connectivity index (χ4v) is 1.97. The molecule has 1 aromatic rings. The van der Waals surface area contributed by atoms with Crippen LogP contribution in [-0.2, 0) is 15.0 Å². The van der Waals surface area contributed by atoms with Crippen LogP contribution in [0.3, 0.4) is 0 Å². The number of carbonyl (C=O) groups is 2. The van der Waals surface area contributed by atoms with Crippen LogP contribution < -0.4 is 16.8 Å². The molecule has 0 atom stereocenters. The van der Waals surface area contributed by atoms with Crippen molar-refractivity contribution in [3.8, 4) is 0 Å². The Balaban J connectivity index is 2.89. The predicted molar refractivity (Wildman–Crippen MR) is 79.9 cm³/mol. The van der Waals surface area contributed by atoms with Gasteiger partial charge in [-0.3, -0.25) is 9.59 Å². The van der Waals surface area contributed by atoms with Gasteiger partial charge in [0.25, 0.3) is 0 Å². The van der Waals surface area contributed by atoms with Gasteiger partial charge in [0.15, 0.2) is 0 Å². The zero-order chi connectivity index (χ0) is 15.6. The summed E-state index contributed by atoms with van der Waals surface area (Å²) in [7, 11) is 0. The van der Waals surface area contributed by atoms with Crippen LogP contribution in [0.25, 0.3) is 0 Å². The molecule has 0 aromatic heterocycles. The third-order valence-electron chi connectivity index (χ3n) is 3.27. The van der Waals surface area contributed by atoms with Crippen LogP contribution in [-0.4, -0.2) is 17.4 Å². The standard InChI is InChI=1S/C15H23N3O2/c1-14(2,9-12(17)19)18-13(20)15(3,4)10-5-7-11(16)8-6-10/h5-8H,9,16H2,1-4H3,(H2,17,19)(H,18,20). The number of hydrogen-bond donors (Lipinski definition) is 3. The van der Waals surface area contributed by atoms with E-state index in [0.717, 1.165) is 5.56 Å². The first-order valence-electron chi connectivity index (χ1n) is 6.51. The molecule has 1 rings (SSSR count). The lowest BCUT2D eigenvalue weighted by Crippen LogP contribution is -2.51. The molecule has 20 heavy (non-hydrogen) atoms. The van der Waals surface area contributed by atoms with Crippen LogP contribution >= 0.6 is 0 Å². The first kappa shape index (κ1) is 16.0. The Bertz CT molecular complexity index is 504. The molecule has 2 amide bonds. The van der Waals surface area contributed by atoms with Crippen LogP contribution in [0.15, 0.2) is 24.3 Å². The summed E-state index contributed by atoms with van der Waals surface area (Å²) in [5, 5.41) is 2.87. The lowest BCUT2D eigenvalue weighted by Gasteiger charge is -2.31. The summed E-state index contributed by atoms with van der Waals surface area (Å²) in [5.74, 6) is -0.603. The van der Waals surface area contributed by atoms with E-state index in [9.17, 15) is 9.59 Å². The van der Waals surface area contributed by atoms with Gasteiger partial charge in [-0.05, 0) is 45.4 Å². The molecule has 5 nitrogen and oxygen atoms in total. The Morgan fingerprint density at radius 1 is 1.10 bits per heavy atom. The Kier molecular flexibility index (Phi) is 4.43. The van der Waals surface area contributed by atoms with Gasteiger partial charge in [0.05, 0.1) is 5.41 Å². The van der Waals surface area contributed by atoms with E-state index < -0.39 is 16.9 Å². The third-order valence-corrected chi connectivity index (χ3v) is 3.27. The third kappa shape index (κ3) is 3.98. The number of nitrogens with one attached hydrogen (secondary N) is 1. The Morgan fingerprint density at radius 2 is 1.60 bits per heavy atom. The quantitative estimate of drug-likeness (QED) is 0.708. The molecule has 0 spiro atoms. The molecule has 0 bridgehead atoms. The second kappa shape index (κ2) is 5.53. The number of anilines is 1. The van der Waals surface area contributed by atoms with E-state index in [0.29, 0.717) is 5.69 Å². The molecule has 0 radical (unpaired) electrons. The second-order valence-electron chi connectivity index (χ2n) is 6.23. The Morgan fingerprint density at radius 3 is 2.05 bits per heavy atom. The highest BCUT2D eigenvalue weighted by Crippen LogP contribution is 2.25. The van der Waals surface area contributed by atoms with Gasteiger partial charge >= 0.3 is 0 Å². The summed E-state index contributed by atoms with van der Waals surface area (Å²) in [4.78, 5) is 23.5. The summed E-state index contributed by atoms with van der Waals surface area (Å²) in [6.45, 7) is 7.20. The fraction of sp³-hybridized carbons (Fsp3) is 0.467. The molecule has 1 aromatic carbocycles. The minimum atomic E-state index is -0.720. The fourth-order valence-electron chi connectivity index (χ4n) is 1.97. The second-order valence-corrected chi connectivity index (χ2v) is 6.23. The smallest absolute Gasteiger partial charge is 0.230 e. The van der Waals surface area contributed by atoms with E-state index in [1.165, 1.54) is 0 Å². The van der Waals surface area contributed by atoms with Gasteiger partial charge < -0.3 is 16.8 Å². The first-order valence-corrected chi connectivity index (χ1v) is 6.51. The molecule has 5 heteroatoms. The van der Waals surface area contributed by atoms with Crippen molar-refractivity contribution in [2.24, 2.45) is 5.73 Å². The van der Waals surface area contributed by atoms with Crippen molar-refractivity contribution in [1.29, 1.82) is 0 Å². The van der Waals surface area contributed by atoms with Crippen LogP contribution in [0.1, 0.15) is 39.7 Å². The van der Waals surface area contributed by atoms with Crippen molar-refractivity contribution < 1.29 is 9.59 Å². The van der Waals surface area contributed by atoms with Crippen LogP contribution in [0.2, 0.25) is 0 Å². The van der Waals surface area contributed by atoms with Gasteiger partial charge in [0.1, 0.15) is 0 Å². The summed E-state index contributed by atoms with van der Waals surface area (Å²) in [5.41, 5.74) is 11.0. The molecule has 0 aliphatic carbocycles. The first-order chi connectivity index (χ1) is 9.04. The van der Waals surface area contributed by atoms with Crippen LogP contribution in [0.4, 0.5) is 5.69 Å².